The van der Waals surface area contributed by atoms with Crippen molar-refractivity contribution in [3.63, 3.8) is 0 Å². The molecule has 4 rings (SSSR count). The highest BCUT2D eigenvalue weighted by atomic mass is 79.9. The number of rotatable bonds is 7. The van der Waals surface area contributed by atoms with E-state index < -0.39 is 11.6 Å². The van der Waals surface area contributed by atoms with E-state index in [0.29, 0.717) is 12.3 Å². The molecule has 1 aliphatic rings. The number of hydrogen-bond donors (Lipinski definition) is 3. The number of nitrogens with one attached hydrogen (secondary N) is 1. The average Bonchev–Trinajstić information content (AvgIpc) is 3.39. The number of aryl methyl sites for hydroxylation is 1. The van der Waals surface area contributed by atoms with Crippen LogP contribution < -0.4 is 27.3 Å². The molecule has 0 aliphatic heterocycles. The van der Waals surface area contributed by atoms with Gasteiger partial charge in [-0.15, -0.1) is 0 Å². The summed E-state index contributed by atoms with van der Waals surface area (Å²) in [6.07, 6.45) is 6.52. The molecular weight excluding hydrogens is 454 g/mol. The van der Waals surface area contributed by atoms with Crippen molar-refractivity contribution in [1.29, 1.82) is 0 Å². The second-order valence-electron chi connectivity index (χ2n) is 8.45. The number of imidazole rings is 1. The molecule has 1 heterocycles. The van der Waals surface area contributed by atoms with Crippen molar-refractivity contribution in [3.05, 3.63) is 90.0 Å². The third kappa shape index (κ3) is 4.32. The molecule has 1 aliphatic carbocycles. The van der Waals surface area contributed by atoms with Gasteiger partial charge in [0, 0.05) is 13.3 Å². The molecule has 164 valence electrons. The van der Waals surface area contributed by atoms with Crippen molar-refractivity contribution in [2.75, 3.05) is 0 Å². The van der Waals surface area contributed by atoms with Crippen LogP contribution in [0.4, 0.5) is 0 Å². The fraction of sp³-hybridized carbons (Fsp3) is 0.360. The second kappa shape index (κ2) is 9.79. The molecule has 1 unspecified atom stereocenters. The van der Waals surface area contributed by atoms with E-state index in [9.17, 15) is 9.90 Å². The number of nitrogens with zero attached hydrogens (tertiary/aromatic N) is 1. The monoisotopic (exact) mass is 483 g/mol. The van der Waals surface area contributed by atoms with Crippen molar-refractivity contribution in [3.8, 4) is 0 Å². The van der Waals surface area contributed by atoms with E-state index in [1.54, 1.807) is 0 Å². The van der Waals surface area contributed by atoms with Gasteiger partial charge in [0.2, 0.25) is 5.91 Å². The number of halogens is 1. The van der Waals surface area contributed by atoms with E-state index in [1.807, 2.05) is 84.5 Å². The molecule has 1 fully saturated rings. The van der Waals surface area contributed by atoms with Crippen LogP contribution in [0.15, 0.2) is 73.1 Å². The number of primary amides is 1. The predicted octanol–water partition coefficient (Wildman–Crippen LogP) is 0.384. The first-order chi connectivity index (χ1) is 14.5. The quantitative estimate of drug-likeness (QED) is 0.424. The number of hydrogen-bond acceptors (Lipinski definition) is 2. The average molecular weight is 484 g/mol. The minimum absolute atomic E-state index is 0. The third-order valence-electron chi connectivity index (χ3n) is 6.78. The molecule has 31 heavy (non-hydrogen) atoms. The summed E-state index contributed by atoms with van der Waals surface area (Å²) in [4.78, 5) is 16.2. The minimum atomic E-state index is -0.862. The van der Waals surface area contributed by atoms with Gasteiger partial charge in [0.25, 0.3) is 5.82 Å². The molecule has 1 aromatic heterocycles. The summed E-state index contributed by atoms with van der Waals surface area (Å²) in [6.45, 7) is 1.95. The summed E-state index contributed by atoms with van der Waals surface area (Å²) in [5.74, 6) is 1.05. The highest BCUT2D eigenvalue weighted by molar-refractivity contribution is 5.91. The lowest BCUT2D eigenvalue weighted by atomic mass is 9.64. The van der Waals surface area contributed by atoms with Crippen molar-refractivity contribution in [1.82, 2.24) is 4.98 Å². The number of aliphatic hydroxyl groups is 1. The molecule has 3 aromatic rings. The zero-order valence-electron chi connectivity index (χ0n) is 17.7. The number of amides is 1. The molecule has 0 saturated heterocycles. The van der Waals surface area contributed by atoms with Gasteiger partial charge in [-0.1, -0.05) is 60.7 Å². The zero-order chi connectivity index (χ0) is 21.1. The van der Waals surface area contributed by atoms with E-state index in [4.69, 9.17) is 5.73 Å². The molecular formula is C25H30BrN3O2. The van der Waals surface area contributed by atoms with Gasteiger partial charge in [0.05, 0.1) is 0 Å². The SMILES string of the molecule is Cc1[nH]cc[n+]1C(O)C[C@H]1CC[C@@H](C(C(N)=O)(c2ccccc2)c2ccccc2)C1.[Br-]. The number of aliphatic hydroxyl groups excluding tert-OH is 1. The smallest absolute Gasteiger partial charge is 0.253 e. The van der Waals surface area contributed by atoms with Crippen LogP contribution in [0, 0.1) is 18.8 Å². The van der Waals surface area contributed by atoms with Gasteiger partial charge in [0.15, 0.2) is 6.23 Å². The second-order valence-corrected chi connectivity index (χ2v) is 8.45. The maximum atomic E-state index is 13.1. The lowest BCUT2D eigenvalue weighted by Crippen LogP contribution is -3.00. The van der Waals surface area contributed by atoms with Crippen molar-refractivity contribution >= 4 is 5.91 Å². The topological polar surface area (TPSA) is 83.0 Å². The van der Waals surface area contributed by atoms with Crippen LogP contribution in [-0.2, 0) is 10.2 Å². The Labute approximate surface area is 194 Å². The summed E-state index contributed by atoms with van der Waals surface area (Å²) in [6, 6.07) is 19.9. The summed E-state index contributed by atoms with van der Waals surface area (Å²) in [5, 5.41) is 10.7. The van der Waals surface area contributed by atoms with E-state index >= 15 is 0 Å². The van der Waals surface area contributed by atoms with Crippen LogP contribution in [0.25, 0.3) is 0 Å². The van der Waals surface area contributed by atoms with Crippen LogP contribution in [-0.4, -0.2) is 16.0 Å². The third-order valence-corrected chi connectivity index (χ3v) is 6.78. The Morgan fingerprint density at radius 1 is 1.13 bits per heavy atom. The summed E-state index contributed by atoms with van der Waals surface area (Å²) in [5.41, 5.74) is 7.20. The van der Waals surface area contributed by atoms with Gasteiger partial charge in [-0.25, -0.2) is 9.55 Å². The molecule has 0 spiro atoms. The molecule has 0 bridgehead atoms. The van der Waals surface area contributed by atoms with Crippen LogP contribution in [0.1, 0.15) is 48.9 Å². The van der Waals surface area contributed by atoms with Gasteiger partial charge in [-0.2, -0.15) is 0 Å². The first kappa shape index (κ1) is 23.2. The van der Waals surface area contributed by atoms with Crippen LogP contribution >= 0.6 is 0 Å². The molecule has 4 N–H and O–H groups in total. The van der Waals surface area contributed by atoms with Gasteiger partial charge in [-0.3, -0.25) is 4.79 Å². The molecule has 5 nitrogen and oxygen atoms in total. The molecule has 1 saturated carbocycles. The minimum Gasteiger partial charge on any atom is -1.00 e. The van der Waals surface area contributed by atoms with E-state index in [1.165, 1.54) is 0 Å². The zero-order valence-corrected chi connectivity index (χ0v) is 19.3. The number of aromatic amines is 1. The highest BCUT2D eigenvalue weighted by Crippen LogP contribution is 2.49. The van der Waals surface area contributed by atoms with E-state index in [0.717, 1.165) is 36.2 Å². The van der Waals surface area contributed by atoms with Gasteiger partial charge < -0.3 is 27.8 Å². The molecule has 3 atom stereocenters. The first-order valence-corrected chi connectivity index (χ1v) is 10.7. The normalized spacial score (nSPS) is 19.5. The molecule has 0 radical (unpaired) electrons. The highest BCUT2D eigenvalue weighted by Gasteiger charge is 2.50. The lowest BCUT2D eigenvalue weighted by Gasteiger charge is -2.38. The largest absolute Gasteiger partial charge is 1.00 e. The maximum absolute atomic E-state index is 13.1. The summed E-state index contributed by atoms with van der Waals surface area (Å²) >= 11 is 0. The summed E-state index contributed by atoms with van der Waals surface area (Å²) in [7, 11) is 0. The molecule has 1 amide bonds. The Morgan fingerprint density at radius 2 is 1.71 bits per heavy atom. The van der Waals surface area contributed by atoms with E-state index in [2.05, 4.69) is 4.98 Å². The van der Waals surface area contributed by atoms with Gasteiger partial charge in [-0.05, 0) is 42.2 Å². The molecule has 6 heteroatoms. The Morgan fingerprint density at radius 3 is 2.19 bits per heavy atom. The van der Waals surface area contributed by atoms with Crippen LogP contribution in [0.3, 0.4) is 0 Å². The van der Waals surface area contributed by atoms with E-state index in [-0.39, 0.29) is 28.8 Å². The van der Waals surface area contributed by atoms with Crippen molar-refractivity contribution < 1.29 is 31.4 Å². The van der Waals surface area contributed by atoms with Gasteiger partial charge >= 0.3 is 0 Å². The van der Waals surface area contributed by atoms with Crippen molar-refractivity contribution in [2.24, 2.45) is 17.6 Å². The first-order valence-electron chi connectivity index (χ1n) is 10.7. The number of benzene rings is 2. The number of aromatic nitrogens is 2. The van der Waals surface area contributed by atoms with Crippen LogP contribution in [0.5, 0.6) is 0 Å². The predicted molar refractivity (Wildman–Crippen MR) is 115 cm³/mol. The number of carbonyl (C=O) groups is 1. The Balaban J connectivity index is 0.00000272. The standard InChI is InChI=1S/C25H29N3O2.BrH/c1-18-27-14-15-28(18)23(29)17-19-12-13-22(16-19)25(24(26)30,20-8-4-2-5-9-20)21-10-6-3-7-11-21;/h2-11,14-15,19,22-23,29H,12-13,16-17H2,1H3,(H2,26,30);1H/t19-,22+,23?;/m0./s1. The summed E-state index contributed by atoms with van der Waals surface area (Å²) < 4.78 is 1.86. The van der Waals surface area contributed by atoms with Crippen LogP contribution in [0.2, 0.25) is 0 Å². The Hall–Kier alpha value is -2.44. The number of nitrogens with two attached hydrogens (primary N) is 1. The van der Waals surface area contributed by atoms with Gasteiger partial charge in [0.1, 0.15) is 17.8 Å². The Kier molecular flexibility index (Phi) is 7.34. The maximum Gasteiger partial charge on any atom is 0.253 e. The number of carbonyl (C=O) groups excluding carboxylic acids is 1. The Bertz CT molecular complexity index is 951. The van der Waals surface area contributed by atoms with Crippen molar-refractivity contribution in [2.45, 2.75) is 44.2 Å². The lowest BCUT2D eigenvalue weighted by molar-refractivity contribution is -0.765. The fourth-order valence-electron chi connectivity index (χ4n) is 5.37. The molecule has 2 aromatic carbocycles. The fourth-order valence-corrected chi connectivity index (χ4v) is 5.37. The number of H-pyrrole nitrogens is 1.